The molecule has 0 saturated heterocycles. The van der Waals surface area contributed by atoms with Gasteiger partial charge in [-0.3, -0.25) is 0 Å². The van der Waals surface area contributed by atoms with E-state index in [1.54, 1.807) is 0 Å². The van der Waals surface area contributed by atoms with Crippen LogP contribution in [0.3, 0.4) is 0 Å². The molecule has 0 saturated carbocycles. The Morgan fingerprint density at radius 3 is 2.26 bits per heavy atom. The van der Waals surface area contributed by atoms with E-state index in [0.717, 1.165) is 10.2 Å². The van der Waals surface area contributed by atoms with Gasteiger partial charge in [-0.1, -0.05) is 24.3 Å². The number of halogens is 1. The highest BCUT2D eigenvalue weighted by molar-refractivity contribution is 9.10. The van der Waals surface area contributed by atoms with Crippen LogP contribution in [-0.4, -0.2) is 0 Å². The van der Waals surface area contributed by atoms with Crippen molar-refractivity contribution in [3.8, 4) is 0 Å². The van der Waals surface area contributed by atoms with Crippen LogP contribution in [0.2, 0.25) is 0 Å². The average molecular weight is 318 g/mol. The Hall–Kier alpha value is -1.28. The van der Waals surface area contributed by atoms with Crippen molar-refractivity contribution in [1.29, 1.82) is 0 Å². The molecule has 0 radical (unpaired) electrons. The fourth-order valence-corrected chi connectivity index (χ4v) is 2.74. The molecule has 0 fully saturated rings. The maximum absolute atomic E-state index is 3.58. The number of aryl methyl sites for hydroxylation is 3. The van der Waals surface area contributed by atoms with Crippen LogP contribution in [0.1, 0.15) is 35.2 Å². The summed E-state index contributed by atoms with van der Waals surface area (Å²) in [5.41, 5.74) is 6.54. The van der Waals surface area contributed by atoms with E-state index in [4.69, 9.17) is 0 Å². The van der Waals surface area contributed by atoms with Gasteiger partial charge in [-0.2, -0.15) is 0 Å². The average Bonchev–Trinajstić information content (AvgIpc) is 2.36. The van der Waals surface area contributed by atoms with Gasteiger partial charge in [0.1, 0.15) is 0 Å². The Morgan fingerprint density at radius 2 is 1.58 bits per heavy atom. The van der Waals surface area contributed by atoms with Gasteiger partial charge in [0.25, 0.3) is 0 Å². The summed E-state index contributed by atoms with van der Waals surface area (Å²) >= 11 is 3.58. The fourth-order valence-electron chi connectivity index (χ4n) is 2.34. The van der Waals surface area contributed by atoms with Crippen molar-refractivity contribution in [3.05, 3.63) is 63.1 Å². The summed E-state index contributed by atoms with van der Waals surface area (Å²) in [6.07, 6.45) is 0. The van der Waals surface area contributed by atoms with Crippen molar-refractivity contribution in [2.75, 3.05) is 5.32 Å². The predicted molar refractivity (Wildman–Crippen MR) is 86.8 cm³/mol. The first-order valence-corrected chi connectivity index (χ1v) is 7.37. The van der Waals surface area contributed by atoms with Crippen LogP contribution >= 0.6 is 15.9 Å². The highest BCUT2D eigenvalue weighted by Crippen LogP contribution is 2.28. The summed E-state index contributed by atoms with van der Waals surface area (Å²) in [4.78, 5) is 0. The van der Waals surface area contributed by atoms with E-state index in [1.165, 1.54) is 22.3 Å². The number of rotatable bonds is 3. The molecule has 1 unspecified atom stereocenters. The lowest BCUT2D eigenvalue weighted by molar-refractivity contribution is 0.869. The molecule has 0 aliphatic carbocycles. The maximum atomic E-state index is 3.58. The third-order valence-electron chi connectivity index (χ3n) is 3.59. The molecule has 0 aromatic heterocycles. The number of hydrogen-bond acceptors (Lipinski definition) is 1. The quantitative estimate of drug-likeness (QED) is 0.782. The number of nitrogens with one attached hydrogen (secondary N) is 1. The largest absolute Gasteiger partial charge is 0.378 e. The number of hydrogen-bond donors (Lipinski definition) is 1. The Kier molecular flexibility index (Phi) is 4.31. The summed E-state index contributed by atoms with van der Waals surface area (Å²) < 4.78 is 1.10. The first-order chi connectivity index (χ1) is 8.99. The highest BCUT2D eigenvalue weighted by Gasteiger charge is 2.11. The first-order valence-electron chi connectivity index (χ1n) is 6.58. The minimum absolute atomic E-state index is 0.290. The fraction of sp³-hybridized carbons (Fsp3) is 0.294. The van der Waals surface area contributed by atoms with Crippen LogP contribution in [0.25, 0.3) is 0 Å². The van der Waals surface area contributed by atoms with Gasteiger partial charge in [-0.15, -0.1) is 0 Å². The molecule has 0 heterocycles. The van der Waals surface area contributed by atoms with E-state index in [9.17, 15) is 0 Å². The molecule has 2 aromatic carbocycles. The monoisotopic (exact) mass is 317 g/mol. The van der Waals surface area contributed by atoms with Gasteiger partial charge >= 0.3 is 0 Å². The van der Waals surface area contributed by atoms with E-state index in [2.05, 4.69) is 73.2 Å². The van der Waals surface area contributed by atoms with Gasteiger partial charge < -0.3 is 5.32 Å². The third kappa shape index (κ3) is 3.19. The lowest BCUT2D eigenvalue weighted by Crippen LogP contribution is -2.09. The van der Waals surface area contributed by atoms with Gasteiger partial charge in [0.2, 0.25) is 0 Å². The topological polar surface area (TPSA) is 12.0 Å². The Balaban J connectivity index is 2.28. The number of benzene rings is 2. The summed E-state index contributed by atoms with van der Waals surface area (Å²) in [5, 5.41) is 3.57. The van der Waals surface area contributed by atoms with Crippen LogP contribution in [0.15, 0.2) is 40.9 Å². The molecule has 0 amide bonds. The van der Waals surface area contributed by atoms with Gasteiger partial charge in [0.05, 0.1) is 0 Å². The number of para-hydroxylation sites is 1. The van der Waals surface area contributed by atoms with Gasteiger partial charge in [-0.25, -0.2) is 0 Å². The van der Waals surface area contributed by atoms with Crippen LogP contribution < -0.4 is 5.32 Å². The van der Waals surface area contributed by atoms with E-state index >= 15 is 0 Å². The molecule has 2 aromatic rings. The molecule has 1 atom stereocenters. The van der Waals surface area contributed by atoms with E-state index in [1.807, 2.05) is 12.1 Å². The zero-order valence-corrected chi connectivity index (χ0v) is 13.5. The summed E-state index contributed by atoms with van der Waals surface area (Å²) in [6, 6.07) is 13.1. The highest BCUT2D eigenvalue weighted by atomic mass is 79.9. The van der Waals surface area contributed by atoms with Crippen LogP contribution in [0.4, 0.5) is 5.69 Å². The molecule has 2 heteroatoms. The second-order valence-electron chi connectivity index (χ2n) is 5.14. The van der Waals surface area contributed by atoms with Gasteiger partial charge in [-0.05, 0) is 78.0 Å². The van der Waals surface area contributed by atoms with E-state index in [-0.39, 0.29) is 6.04 Å². The minimum Gasteiger partial charge on any atom is -0.378 e. The van der Waals surface area contributed by atoms with E-state index in [0.29, 0.717) is 0 Å². The summed E-state index contributed by atoms with van der Waals surface area (Å²) in [5.74, 6) is 0. The molecule has 100 valence electrons. The predicted octanol–water partition coefficient (Wildman–Crippen LogP) is 5.55. The third-order valence-corrected chi connectivity index (χ3v) is 4.29. The Bertz CT molecular complexity index is 590. The molecule has 0 aliphatic heterocycles. The lowest BCUT2D eigenvalue weighted by atomic mass is 9.96. The SMILES string of the molecule is Cc1cc(C)c(C(C)Nc2ccccc2Br)cc1C. The molecular formula is C17H20BrN. The second kappa shape index (κ2) is 5.79. The Morgan fingerprint density at radius 1 is 0.947 bits per heavy atom. The molecule has 2 rings (SSSR count). The van der Waals surface area contributed by atoms with Crippen LogP contribution in [-0.2, 0) is 0 Å². The maximum Gasteiger partial charge on any atom is 0.0489 e. The first kappa shape index (κ1) is 14.1. The zero-order chi connectivity index (χ0) is 14.0. The normalized spacial score (nSPS) is 12.3. The molecule has 0 spiro atoms. The zero-order valence-electron chi connectivity index (χ0n) is 11.9. The molecular weight excluding hydrogens is 298 g/mol. The minimum atomic E-state index is 0.290. The summed E-state index contributed by atoms with van der Waals surface area (Å²) in [7, 11) is 0. The van der Waals surface area contributed by atoms with Crippen LogP contribution in [0.5, 0.6) is 0 Å². The molecule has 0 bridgehead atoms. The van der Waals surface area contributed by atoms with Crippen molar-refractivity contribution in [2.45, 2.75) is 33.7 Å². The Labute approximate surface area is 124 Å². The summed E-state index contributed by atoms with van der Waals surface area (Å²) in [6.45, 7) is 8.72. The lowest BCUT2D eigenvalue weighted by Gasteiger charge is -2.20. The van der Waals surface area contributed by atoms with E-state index < -0.39 is 0 Å². The van der Waals surface area contributed by atoms with Crippen molar-refractivity contribution in [2.24, 2.45) is 0 Å². The van der Waals surface area contributed by atoms with Gasteiger partial charge in [0, 0.05) is 16.2 Å². The second-order valence-corrected chi connectivity index (χ2v) is 5.99. The molecule has 0 aliphatic rings. The van der Waals surface area contributed by atoms with Gasteiger partial charge in [0.15, 0.2) is 0 Å². The molecule has 1 nitrogen and oxygen atoms in total. The van der Waals surface area contributed by atoms with Crippen molar-refractivity contribution >= 4 is 21.6 Å². The smallest absolute Gasteiger partial charge is 0.0489 e. The molecule has 1 N–H and O–H groups in total. The van der Waals surface area contributed by atoms with Crippen molar-refractivity contribution in [1.82, 2.24) is 0 Å². The molecule has 19 heavy (non-hydrogen) atoms. The van der Waals surface area contributed by atoms with Crippen molar-refractivity contribution < 1.29 is 0 Å². The number of anilines is 1. The standard InChI is InChI=1S/C17H20BrN/c1-11-9-13(3)15(10-12(11)2)14(4)19-17-8-6-5-7-16(17)18/h5-10,14,19H,1-4H3. The van der Waals surface area contributed by atoms with Crippen molar-refractivity contribution in [3.63, 3.8) is 0 Å². The van der Waals surface area contributed by atoms with Crippen LogP contribution in [0, 0.1) is 20.8 Å².